The van der Waals surface area contributed by atoms with Gasteiger partial charge in [-0.1, -0.05) is 42.5 Å². The molecule has 7 heteroatoms. The zero-order valence-electron chi connectivity index (χ0n) is 19.6. The molecular weight excluding hydrogens is 451 g/mol. The van der Waals surface area contributed by atoms with Crippen LogP contribution < -0.4 is 5.32 Å². The van der Waals surface area contributed by atoms with E-state index in [2.05, 4.69) is 39.4 Å². The number of nitrogens with one attached hydrogen (secondary N) is 1. The molecule has 0 amide bonds. The van der Waals surface area contributed by atoms with Gasteiger partial charge in [-0.25, -0.2) is 13.2 Å². The van der Waals surface area contributed by atoms with E-state index >= 15 is 0 Å². The number of anilines is 1. The topological polar surface area (TPSA) is 27.7 Å². The van der Waals surface area contributed by atoms with Gasteiger partial charge in [-0.05, 0) is 48.2 Å². The molecule has 1 atom stereocenters. The third kappa shape index (κ3) is 5.53. The largest absolute Gasteiger partial charge is 0.362 e. The third-order valence-electron chi connectivity index (χ3n) is 7.24. The summed E-state index contributed by atoms with van der Waals surface area (Å²) in [5.74, 6) is -1.45. The predicted octanol–water partition coefficient (Wildman–Crippen LogP) is 5.79. The van der Waals surface area contributed by atoms with Crippen molar-refractivity contribution in [3.8, 4) is 0 Å². The van der Waals surface area contributed by atoms with Gasteiger partial charge in [0, 0.05) is 49.4 Å². The Labute approximate surface area is 204 Å². The highest BCUT2D eigenvalue weighted by Gasteiger charge is 2.53. The summed E-state index contributed by atoms with van der Waals surface area (Å²) in [6.07, 6.45) is 2.07. The molecule has 0 saturated carbocycles. The lowest BCUT2D eigenvalue weighted by Gasteiger charge is -2.61. The van der Waals surface area contributed by atoms with Crippen LogP contribution in [0.5, 0.6) is 0 Å². The Morgan fingerprint density at radius 1 is 0.857 bits per heavy atom. The normalized spacial score (nSPS) is 20.0. The van der Waals surface area contributed by atoms with Crippen LogP contribution in [0.2, 0.25) is 0 Å². The Morgan fingerprint density at radius 3 is 2.23 bits per heavy atom. The first-order valence-corrected chi connectivity index (χ1v) is 12.0. The summed E-state index contributed by atoms with van der Waals surface area (Å²) in [7, 11) is 0. The van der Waals surface area contributed by atoms with E-state index in [1.165, 1.54) is 23.3 Å². The molecule has 3 aromatic rings. The Balaban J connectivity index is 1.16. The maximum absolute atomic E-state index is 13.6. The van der Waals surface area contributed by atoms with Crippen molar-refractivity contribution in [3.63, 3.8) is 0 Å². The van der Waals surface area contributed by atoms with Gasteiger partial charge in [0.15, 0.2) is 0 Å². The molecule has 4 nitrogen and oxygen atoms in total. The Morgan fingerprint density at radius 2 is 1.54 bits per heavy atom. The van der Waals surface area contributed by atoms with Crippen molar-refractivity contribution in [1.29, 1.82) is 0 Å². The van der Waals surface area contributed by atoms with Gasteiger partial charge in [-0.2, -0.15) is 0 Å². The highest BCUT2D eigenvalue weighted by molar-refractivity contribution is 5.43. The average molecular weight is 482 g/mol. The van der Waals surface area contributed by atoms with Gasteiger partial charge < -0.3 is 10.1 Å². The number of likely N-dealkylation sites (tertiary alicyclic amines) is 2. The number of rotatable bonds is 8. The Bertz CT molecular complexity index is 1100. The second-order valence-corrected chi connectivity index (χ2v) is 9.64. The molecule has 0 aliphatic carbocycles. The van der Waals surface area contributed by atoms with Crippen LogP contribution >= 0.6 is 0 Å². The van der Waals surface area contributed by atoms with Crippen LogP contribution in [0, 0.1) is 22.9 Å². The number of hydrogen-bond donors (Lipinski definition) is 1. The van der Waals surface area contributed by atoms with Gasteiger partial charge in [0.2, 0.25) is 0 Å². The fraction of sp³-hybridized carbons (Fsp3) is 0.357. The molecule has 1 unspecified atom stereocenters. The van der Waals surface area contributed by atoms with Crippen molar-refractivity contribution in [3.05, 3.63) is 101 Å². The van der Waals surface area contributed by atoms with E-state index in [9.17, 15) is 13.2 Å². The molecule has 184 valence electrons. The van der Waals surface area contributed by atoms with Crippen molar-refractivity contribution < 1.29 is 17.9 Å². The monoisotopic (exact) mass is 481 g/mol. The number of halogens is 3. The molecule has 2 aliphatic heterocycles. The Hall–Kier alpha value is -2.87. The third-order valence-corrected chi connectivity index (χ3v) is 7.24. The quantitative estimate of drug-likeness (QED) is 0.326. The van der Waals surface area contributed by atoms with E-state index in [1.54, 1.807) is 12.1 Å². The van der Waals surface area contributed by atoms with Crippen molar-refractivity contribution in [2.45, 2.75) is 25.4 Å². The number of hydrogen-bond acceptors (Lipinski definition) is 4. The van der Waals surface area contributed by atoms with Crippen LogP contribution in [0.3, 0.4) is 0 Å². The Kier molecular flexibility index (Phi) is 7.09. The zero-order valence-corrected chi connectivity index (χ0v) is 19.6. The number of piperidine rings is 1. The lowest BCUT2D eigenvalue weighted by atomic mass is 9.63. The van der Waals surface area contributed by atoms with Crippen LogP contribution in [0.15, 0.2) is 72.8 Å². The lowest BCUT2D eigenvalue weighted by molar-refractivity contribution is -0.126. The van der Waals surface area contributed by atoms with E-state index in [0.29, 0.717) is 12.4 Å². The standard InChI is InChI=1S/C28H30F3N3O/c29-23-8-6-22(7-9-23)27-28(18-34(27)17-21-4-2-1-3-5-21)10-12-33(13-11-28)20-35-19-32-26-15-24(30)14-25(31)16-26/h1-9,14-16,27,32H,10-13,17-20H2. The lowest BCUT2D eigenvalue weighted by Crippen LogP contribution is -2.61. The van der Waals surface area contributed by atoms with Crippen LogP contribution in [0.25, 0.3) is 0 Å². The summed E-state index contributed by atoms with van der Waals surface area (Å²) in [5, 5.41) is 2.90. The predicted molar refractivity (Wildman–Crippen MR) is 130 cm³/mol. The summed E-state index contributed by atoms with van der Waals surface area (Å²) in [6.45, 7) is 4.34. The van der Waals surface area contributed by atoms with Crippen molar-refractivity contribution in [1.82, 2.24) is 9.80 Å². The molecule has 2 heterocycles. The van der Waals surface area contributed by atoms with E-state index in [1.807, 2.05) is 18.2 Å². The summed E-state index contributed by atoms with van der Waals surface area (Å²) < 4.78 is 46.0. The second kappa shape index (κ2) is 10.4. The number of ether oxygens (including phenoxy) is 1. The first-order chi connectivity index (χ1) is 17.0. The molecule has 3 aromatic carbocycles. The van der Waals surface area contributed by atoms with Gasteiger partial charge in [0.1, 0.15) is 30.9 Å². The van der Waals surface area contributed by atoms with Crippen LogP contribution in [0.4, 0.5) is 18.9 Å². The molecule has 1 N–H and O–H groups in total. The minimum Gasteiger partial charge on any atom is -0.362 e. The molecule has 2 aliphatic rings. The molecule has 35 heavy (non-hydrogen) atoms. The van der Waals surface area contributed by atoms with Gasteiger partial charge >= 0.3 is 0 Å². The molecule has 5 rings (SSSR count). The van der Waals surface area contributed by atoms with Gasteiger partial charge in [-0.15, -0.1) is 0 Å². The van der Waals surface area contributed by atoms with Crippen molar-refractivity contribution in [2.24, 2.45) is 5.41 Å². The molecular formula is C28H30F3N3O. The van der Waals surface area contributed by atoms with E-state index < -0.39 is 11.6 Å². The minimum absolute atomic E-state index is 0.167. The molecule has 1 spiro atoms. The van der Waals surface area contributed by atoms with Crippen LogP contribution in [0.1, 0.15) is 30.0 Å². The fourth-order valence-electron chi connectivity index (χ4n) is 5.56. The summed E-state index contributed by atoms with van der Waals surface area (Å²) in [6, 6.07) is 21.0. The van der Waals surface area contributed by atoms with Gasteiger partial charge in [-0.3, -0.25) is 9.80 Å². The van der Waals surface area contributed by atoms with E-state index in [4.69, 9.17) is 4.74 Å². The highest BCUT2D eigenvalue weighted by atomic mass is 19.1. The maximum Gasteiger partial charge on any atom is 0.128 e. The summed E-state index contributed by atoms with van der Waals surface area (Å²) >= 11 is 0. The first kappa shape index (κ1) is 23.9. The second-order valence-electron chi connectivity index (χ2n) is 9.64. The fourth-order valence-corrected chi connectivity index (χ4v) is 5.56. The highest BCUT2D eigenvalue weighted by Crippen LogP contribution is 2.55. The van der Waals surface area contributed by atoms with Crippen LogP contribution in [-0.4, -0.2) is 42.9 Å². The van der Waals surface area contributed by atoms with Crippen LogP contribution in [-0.2, 0) is 11.3 Å². The zero-order chi connectivity index (χ0) is 24.3. The molecule has 2 fully saturated rings. The maximum atomic E-state index is 13.6. The van der Waals surface area contributed by atoms with Gasteiger partial charge in [0.05, 0.1) is 0 Å². The average Bonchev–Trinajstić information content (AvgIpc) is 2.84. The minimum atomic E-state index is -0.619. The number of benzene rings is 3. The number of nitrogens with zero attached hydrogens (tertiary/aromatic N) is 2. The summed E-state index contributed by atoms with van der Waals surface area (Å²) in [4.78, 5) is 4.76. The smallest absolute Gasteiger partial charge is 0.128 e. The first-order valence-electron chi connectivity index (χ1n) is 12.0. The SMILES string of the molecule is Fc1ccc(C2N(Cc3ccccc3)CC23CCN(COCNc2cc(F)cc(F)c2)CC3)cc1. The van der Waals surface area contributed by atoms with Crippen molar-refractivity contribution >= 4 is 5.69 Å². The molecule has 0 bridgehead atoms. The summed E-state index contributed by atoms with van der Waals surface area (Å²) in [5.41, 5.74) is 2.98. The van der Waals surface area contributed by atoms with Gasteiger partial charge in [0.25, 0.3) is 0 Å². The molecule has 0 radical (unpaired) electrons. The molecule has 2 saturated heterocycles. The van der Waals surface area contributed by atoms with Crippen molar-refractivity contribution in [2.75, 3.05) is 38.4 Å². The van der Waals surface area contributed by atoms with E-state index in [0.717, 1.165) is 45.1 Å². The van der Waals surface area contributed by atoms with E-state index in [-0.39, 0.29) is 24.0 Å². The molecule has 0 aromatic heterocycles.